The van der Waals surface area contributed by atoms with Crippen molar-refractivity contribution in [3.05, 3.63) is 54.4 Å². The molecule has 1 amide bonds. The zero-order chi connectivity index (χ0) is 18.9. The van der Waals surface area contributed by atoms with Gasteiger partial charge in [-0.15, -0.1) is 0 Å². The first-order valence-electron chi connectivity index (χ1n) is 8.32. The Hall–Kier alpha value is -1.29. The number of halogens is 2. The van der Waals surface area contributed by atoms with Gasteiger partial charge in [-0.1, -0.05) is 6.07 Å². The van der Waals surface area contributed by atoms with Gasteiger partial charge in [-0.2, -0.15) is 0 Å². The third kappa shape index (κ3) is 7.53. The Morgan fingerprint density at radius 2 is 2.00 bits per heavy atom. The molecule has 26 heavy (non-hydrogen) atoms. The topological polar surface area (TPSA) is 42.2 Å². The molecule has 7 heteroatoms. The molecule has 0 unspecified atom stereocenters. The summed E-state index contributed by atoms with van der Waals surface area (Å²) >= 11 is -2.00. The molecule has 0 bridgehead atoms. The molecule has 1 aromatic carbocycles. The minimum atomic E-state index is -2.00. The number of carbonyl (C=O) groups excluding carboxylic acids is 1. The van der Waals surface area contributed by atoms with Gasteiger partial charge >= 0.3 is 162 Å². The van der Waals surface area contributed by atoms with E-state index in [1.54, 1.807) is 0 Å². The molecule has 1 heterocycles. The fourth-order valence-electron chi connectivity index (χ4n) is 2.38. The van der Waals surface area contributed by atoms with E-state index in [1.807, 2.05) is 67.2 Å². The summed E-state index contributed by atoms with van der Waals surface area (Å²) in [4.78, 5) is 12.2. The molecule has 2 rings (SSSR count). The Bertz CT molecular complexity index is 763. The predicted molar refractivity (Wildman–Crippen MR) is 104 cm³/mol. The van der Waals surface area contributed by atoms with Crippen LogP contribution in [0.3, 0.4) is 0 Å². The molecule has 0 spiro atoms. The van der Waals surface area contributed by atoms with Crippen molar-refractivity contribution in [1.82, 2.24) is 0 Å². The van der Waals surface area contributed by atoms with E-state index in [0.29, 0.717) is 12.1 Å². The first-order valence-corrected chi connectivity index (χ1v) is 13.8. The first-order chi connectivity index (χ1) is 12.4. The van der Waals surface area contributed by atoms with Crippen molar-refractivity contribution in [3.63, 3.8) is 0 Å². The number of ether oxygens (including phenoxy) is 1. The molecule has 4 nitrogen and oxygen atoms in total. The molecule has 142 valence electrons. The minimum absolute atomic E-state index is 0.0176. The summed E-state index contributed by atoms with van der Waals surface area (Å²) < 4.78 is 9.67. The van der Waals surface area contributed by atoms with E-state index in [1.165, 1.54) is 0 Å². The molecule has 1 aromatic heterocycles. The summed E-state index contributed by atoms with van der Waals surface area (Å²) in [6.45, 7) is 4.72. The normalized spacial score (nSPS) is 11.2. The Labute approximate surface area is 167 Å². The Morgan fingerprint density at radius 1 is 1.27 bits per heavy atom. The van der Waals surface area contributed by atoms with Crippen LogP contribution in [0.2, 0.25) is 0 Å². The van der Waals surface area contributed by atoms with E-state index in [0.717, 1.165) is 24.3 Å². The predicted octanol–water partition coefficient (Wildman–Crippen LogP) is 4.26. The second-order valence-electron chi connectivity index (χ2n) is 5.99. The van der Waals surface area contributed by atoms with Crippen molar-refractivity contribution in [2.45, 2.75) is 39.3 Å². The van der Waals surface area contributed by atoms with E-state index in [-0.39, 0.29) is 12.0 Å². The van der Waals surface area contributed by atoms with Crippen LogP contribution in [0.1, 0.15) is 32.3 Å². The van der Waals surface area contributed by atoms with Crippen LogP contribution in [0.15, 0.2) is 48.8 Å². The second-order valence-corrected chi connectivity index (χ2v) is 11.7. The van der Waals surface area contributed by atoms with Gasteiger partial charge in [-0.05, 0) is 0 Å². The summed E-state index contributed by atoms with van der Waals surface area (Å²) in [6.07, 6.45) is 5.25. The number of carbonyl (C=O) groups is 1. The molecule has 0 radical (unpaired) electrons. The van der Waals surface area contributed by atoms with Crippen molar-refractivity contribution < 1.29 is 27.6 Å². The fraction of sp³-hybridized carbons (Fsp3) is 0.316. The number of aromatic nitrogens is 1. The molecule has 0 aliphatic heterocycles. The number of nitrogens with zero attached hydrogens (tertiary/aromatic N) is 1. The van der Waals surface area contributed by atoms with Gasteiger partial charge in [0.15, 0.2) is 0 Å². The Kier molecular flexibility index (Phi) is 8.70. The van der Waals surface area contributed by atoms with E-state index in [9.17, 15) is 4.79 Å². The van der Waals surface area contributed by atoms with E-state index in [2.05, 4.69) is 9.88 Å². The number of hydrogen-bond donors (Lipinski definition) is 1. The monoisotopic (exact) mass is 483 g/mol. The van der Waals surface area contributed by atoms with E-state index in [4.69, 9.17) is 24.1 Å². The Balaban J connectivity index is 1.97. The molecule has 0 saturated heterocycles. The zero-order valence-corrected chi connectivity index (χ0v) is 18.0. The standard InChI is InChI=1S/C19H22N2O2.2ClH.Ru/c1-15(2)23-18-10-9-17(14-16(18)3)20-19(22)8-7-13-21-11-5-4-6-12-21;;;/h3-6,9-12,14-15H,7-8,13H2,1-2H3;2*1H;/q;;;+2/p-1. The van der Waals surface area contributed by atoms with Gasteiger partial charge < -0.3 is 0 Å². The van der Waals surface area contributed by atoms with Gasteiger partial charge in [0, 0.05) is 0 Å². The summed E-state index contributed by atoms with van der Waals surface area (Å²) in [5.74, 6) is 0.703. The molecule has 0 saturated carbocycles. The number of rotatable bonds is 8. The van der Waals surface area contributed by atoms with Gasteiger partial charge in [-0.3, -0.25) is 0 Å². The van der Waals surface area contributed by atoms with Crippen LogP contribution in [0, 0.1) is 0 Å². The van der Waals surface area contributed by atoms with Crippen LogP contribution in [-0.4, -0.2) is 16.6 Å². The summed E-state index contributed by atoms with van der Waals surface area (Å²) in [6, 6.07) is 11.4. The molecule has 1 N–H and O–H groups in total. The van der Waals surface area contributed by atoms with Crippen molar-refractivity contribution in [2.75, 3.05) is 5.32 Å². The second kappa shape index (κ2) is 10.8. The summed E-state index contributed by atoms with van der Waals surface area (Å²) in [5.41, 5.74) is 1.54. The number of nitrogens with one attached hydrogen (secondary N) is 1. The summed E-state index contributed by atoms with van der Waals surface area (Å²) in [5, 5.41) is 2.93. The molecule has 0 aliphatic carbocycles. The maximum atomic E-state index is 12.2. The molecule has 0 aliphatic rings. The fourth-order valence-corrected chi connectivity index (χ4v) is 4.16. The number of pyridine rings is 1. The zero-order valence-electron chi connectivity index (χ0n) is 14.8. The molecule has 0 atom stereocenters. The van der Waals surface area contributed by atoms with Crippen molar-refractivity contribution in [1.29, 1.82) is 0 Å². The SMILES string of the molecule is CC(C)Oc1ccc(NC(=O)CCC[n+]2ccccc2)cc1[CH]=[Ru]([Cl])[Cl]. The van der Waals surface area contributed by atoms with Crippen LogP contribution in [0.25, 0.3) is 0 Å². The quantitative estimate of drug-likeness (QED) is 0.451. The third-order valence-electron chi connectivity index (χ3n) is 3.44. The van der Waals surface area contributed by atoms with Crippen LogP contribution < -0.4 is 14.6 Å². The average Bonchev–Trinajstić information content (AvgIpc) is 2.57. The van der Waals surface area contributed by atoms with E-state index >= 15 is 0 Å². The van der Waals surface area contributed by atoms with Crippen LogP contribution in [-0.2, 0) is 24.9 Å². The number of amides is 1. The van der Waals surface area contributed by atoms with Gasteiger partial charge in [0.05, 0.1) is 0 Å². The molecule has 0 fully saturated rings. The molecule has 2 aromatic rings. The average molecular weight is 483 g/mol. The van der Waals surface area contributed by atoms with Crippen molar-refractivity contribution in [2.24, 2.45) is 0 Å². The molecular weight excluding hydrogens is 460 g/mol. The number of anilines is 1. The van der Waals surface area contributed by atoms with Gasteiger partial charge in [0.2, 0.25) is 0 Å². The number of benzene rings is 1. The van der Waals surface area contributed by atoms with E-state index < -0.39 is 13.5 Å². The first kappa shape index (κ1) is 21.0. The summed E-state index contributed by atoms with van der Waals surface area (Å²) in [7, 11) is 12.0. The van der Waals surface area contributed by atoms with Crippen LogP contribution in [0.4, 0.5) is 5.69 Å². The van der Waals surface area contributed by atoms with Gasteiger partial charge in [0.1, 0.15) is 0 Å². The van der Waals surface area contributed by atoms with Crippen LogP contribution >= 0.6 is 19.4 Å². The van der Waals surface area contributed by atoms with Crippen molar-refractivity contribution >= 4 is 35.6 Å². The molecular formula is C19H23Cl2N2O2Ru+. The number of hydrogen-bond acceptors (Lipinski definition) is 2. The van der Waals surface area contributed by atoms with Crippen LogP contribution in [0.5, 0.6) is 5.75 Å². The number of aryl methyl sites for hydroxylation is 1. The van der Waals surface area contributed by atoms with Gasteiger partial charge in [0.25, 0.3) is 0 Å². The van der Waals surface area contributed by atoms with Gasteiger partial charge in [-0.25, -0.2) is 0 Å². The third-order valence-corrected chi connectivity index (χ3v) is 5.27. The Morgan fingerprint density at radius 3 is 2.65 bits per heavy atom. The van der Waals surface area contributed by atoms with Crippen molar-refractivity contribution in [3.8, 4) is 5.75 Å². The maximum absolute atomic E-state index is 12.2.